The van der Waals surface area contributed by atoms with Crippen molar-refractivity contribution in [3.05, 3.63) is 41.3 Å². The second kappa shape index (κ2) is 5.75. The van der Waals surface area contributed by atoms with Crippen LogP contribution in [0.1, 0.15) is 16.1 Å². The molecule has 0 bridgehead atoms. The number of thiazole rings is 1. The third-order valence-electron chi connectivity index (χ3n) is 3.45. The van der Waals surface area contributed by atoms with Crippen molar-refractivity contribution in [2.45, 2.75) is 12.5 Å². The number of cyclic esters (lactones) is 1. The molecule has 1 atom stereocenters. The monoisotopic (exact) mass is 345 g/mol. The molecule has 5 nitrogen and oxygen atoms in total. The third kappa shape index (κ3) is 2.73. The molecule has 0 amide bonds. The van der Waals surface area contributed by atoms with E-state index in [1.54, 1.807) is 17.4 Å². The highest BCUT2D eigenvalue weighted by molar-refractivity contribution is 7.26. The van der Waals surface area contributed by atoms with Crippen molar-refractivity contribution >= 4 is 44.8 Å². The van der Waals surface area contributed by atoms with Crippen LogP contribution in [0.3, 0.4) is 0 Å². The lowest BCUT2D eigenvalue weighted by Gasteiger charge is -2.06. The minimum Gasteiger partial charge on any atom is -0.463 e. The second-order valence-electron chi connectivity index (χ2n) is 5.00. The number of carbonyl (C=O) groups is 2. The Morgan fingerprint density at radius 2 is 2.09 bits per heavy atom. The molecule has 0 unspecified atom stereocenters. The molecule has 1 aromatic carbocycles. The van der Waals surface area contributed by atoms with Gasteiger partial charge in [-0.3, -0.25) is 0 Å². The zero-order chi connectivity index (χ0) is 15.8. The number of rotatable bonds is 3. The molecule has 3 heterocycles. The highest BCUT2D eigenvalue weighted by Gasteiger charge is 2.31. The molecule has 3 aromatic rings. The van der Waals surface area contributed by atoms with E-state index in [2.05, 4.69) is 4.98 Å². The zero-order valence-electron chi connectivity index (χ0n) is 11.9. The summed E-state index contributed by atoms with van der Waals surface area (Å²) in [5.74, 6) is -0.965. The molecule has 0 aliphatic carbocycles. The Balaban J connectivity index is 1.56. The van der Waals surface area contributed by atoms with E-state index < -0.39 is 18.0 Å². The quantitative estimate of drug-likeness (QED) is 0.680. The van der Waals surface area contributed by atoms with E-state index in [4.69, 9.17) is 9.47 Å². The van der Waals surface area contributed by atoms with E-state index in [0.717, 1.165) is 20.1 Å². The largest absolute Gasteiger partial charge is 0.463 e. The SMILES string of the molecule is O=C(O[C@@H]1CCOC1=O)c1ccc(-c2nc3ccccc3s2)s1. The molecular weight excluding hydrogens is 334 g/mol. The Hall–Kier alpha value is -2.25. The van der Waals surface area contributed by atoms with Gasteiger partial charge in [-0.05, 0) is 24.3 Å². The van der Waals surface area contributed by atoms with Crippen LogP contribution in [0.4, 0.5) is 0 Å². The van der Waals surface area contributed by atoms with Gasteiger partial charge in [0.25, 0.3) is 0 Å². The van der Waals surface area contributed by atoms with Gasteiger partial charge in [0.1, 0.15) is 9.88 Å². The molecule has 116 valence electrons. The van der Waals surface area contributed by atoms with E-state index in [1.807, 2.05) is 30.3 Å². The molecule has 1 saturated heterocycles. The maximum Gasteiger partial charge on any atom is 0.349 e. The molecule has 1 aliphatic rings. The van der Waals surface area contributed by atoms with E-state index in [9.17, 15) is 9.59 Å². The average Bonchev–Trinajstić information content (AvgIpc) is 3.26. The third-order valence-corrected chi connectivity index (χ3v) is 5.72. The predicted molar refractivity (Wildman–Crippen MR) is 87.7 cm³/mol. The summed E-state index contributed by atoms with van der Waals surface area (Å²) in [6, 6.07) is 11.5. The molecule has 23 heavy (non-hydrogen) atoms. The number of aromatic nitrogens is 1. The lowest BCUT2D eigenvalue weighted by molar-refractivity contribution is -0.145. The molecular formula is C16H11NO4S2. The Morgan fingerprint density at radius 1 is 1.22 bits per heavy atom. The van der Waals surface area contributed by atoms with Gasteiger partial charge in [-0.15, -0.1) is 22.7 Å². The van der Waals surface area contributed by atoms with Crippen LogP contribution in [0.5, 0.6) is 0 Å². The number of hydrogen-bond acceptors (Lipinski definition) is 7. The van der Waals surface area contributed by atoms with E-state index >= 15 is 0 Å². The number of carbonyl (C=O) groups excluding carboxylic acids is 2. The number of thiophene rings is 1. The maximum atomic E-state index is 12.1. The van der Waals surface area contributed by atoms with Gasteiger partial charge in [0.15, 0.2) is 0 Å². The fourth-order valence-electron chi connectivity index (χ4n) is 2.31. The van der Waals surface area contributed by atoms with Crippen molar-refractivity contribution in [3.8, 4) is 9.88 Å². The first-order valence-electron chi connectivity index (χ1n) is 7.04. The number of hydrogen-bond donors (Lipinski definition) is 0. The second-order valence-corrected chi connectivity index (χ2v) is 7.12. The lowest BCUT2D eigenvalue weighted by Crippen LogP contribution is -2.22. The first-order valence-corrected chi connectivity index (χ1v) is 8.67. The standard InChI is InChI=1S/C16H11NO4S2/c18-15-10(7-8-20-15)21-16(19)13-6-5-12(22-13)14-17-9-3-1-2-4-11(9)23-14/h1-6,10H,7-8H2/t10-/m1/s1. The predicted octanol–water partition coefficient (Wildman–Crippen LogP) is 3.50. The summed E-state index contributed by atoms with van der Waals surface area (Å²) in [4.78, 5) is 29.4. The van der Waals surface area contributed by atoms with Crippen LogP contribution in [0.15, 0.2) is 36.4 Å². The highest BCUT2D eigenvalue weighted by Crippen LogP contribution is 2.34. The van der Waals surface area contributed by atoms with Crippen molar-refractivity contribution in [2.24, 2.45) is 0 Å². The lowest BCUT2D eigenvalue weighted by atomic mass is 10.3. The molecule has 7 heteroatoms. The van der Waals surface area contributed by atoms with Crippen molar-refractivity contribution in [3.63, 3.8) is 0 Å². The number of fused-ring (bicyclic) bond motifs is 1. The highest BCUT2D eigenvalue weighted by atomic mass is 32.1. The Bertz CT molecular complexity index is 865. The summed E-state index contributed by atoms with van der Waals surface area (Å²) < 4.78 is 11.1. The van der Waals surface area contributed by atoms with Gasteiger partial charge in [-0.25, -0.2) is 14.6 Å². The van der Waals surface area contributed by atoms with E-state index in [0.29, 0.717) is 17.9 Å². The fourth-order valence-corrected chi connectivity index (χ4v) is 4.22. The zero-order valence-corrected chi connectivity index (χ0v) is 13.5. The summed E-state index contributed by atoms with van der Waals surface area (Å²) >= 11 is 2.90. The number of benzene rings is 1. The van der Waals surface area contributed by atoms with Gasteiger partial charge in [0.2, 0.25) is 6.10 Å². The van der Waals surface area contributed by atoms with Crippen molar-refractivity contribution in [1.82, 2.24) is 4.98 Å². The minimum atomic E-state index is -0.782. The number of ether oxygens (including phenoxy) is 2. The molecule has 0 N–H and O–H groups in total. The van der Waals surface area contributed by atoms with Gasteiger partial charge < -0.3 is 9.47 Å². The Labute approximate surface area is 139 Å². The molecule has 0 spiro atoms. The van der Waals surface area contributed by atoms with E-state index in [-0.39, 0.29) is 0 Å². The van der Waals surface area contributed by atoms with Gasteiger partial charge in [0.05, 0.1) is 21.7 Å². The molecule has 1 fully saturated rings. The molecule has 0 saturated carbocycles. The van der Waals surface area contributed by atoms with Gasteiger partial charge in [0, 0.05) is 6.42 Å². The average molecular weight is 345 g/mol. The van der Waals surface area contributed by atoms with Crippen molar-refractivity contribution < 1.29 is 19.1 Å². The first kappa shape index (κ1) is 14.3. The smallest absolute Gasteiger partial charge is 0.349 e. The summed E-state index contributed by atoms with van der Waals surface area (Å²) in [5.41, 5.74) is 0.943. The maximum absolute atomic E-state index is 12.1. The van der Waals surface area contributed by atoms with Crippen LogP contribution in [-0.4, -0.2) is 29.6 Å². The first-order chi connectivity index (χ1) is 11.2. The van der Waals surface area contributed by atoms with Gasteiger partial charge in [-0.2, -0.15) is 0 Å². The van der Waals surface area contributed by atoms with Crippen molar-refractivity contribution in [2.75, 3.05) is 6.61 Å². The normalized spacial score (nSPS) is 17.4. The summed E-state index contributed by atoms with van der Waals surface area (Å²) in [6.07, 6.45) is -0.365. The minimum absolute atomic E-state index is 0.304. The van der Waals surface area contributed by atoms with Gasteiger partial charge in [-0.1, -0.05) is 12.1 Å². The van der Waals surface area contributed by atoms with Crippen molar-refractivity contribution in [1.29, 1.82) is 0 Å². The van der Waals surface area contributed by atoms with Crippen LogP contribution in [-0.2, 0) is 14.3 Å². The van der Waals surface area contributed by atoms with Crippen LogP contribution < -0.4 is 0 Å². The van der Waals surface area contributed by atoms with E-state index in [1.165, 1.54) is 11.3 Å². The molecule has 0 radical (unpaired) electrons. The molecule has 2 aromatic heterocycles. The summed E-state index contributed by atoms with van der Waals surface area (Å²) in [5, 5.41) is 0.871. The molecule has 1 aliphatic heterocycles. The molecule has 4 rings (SSSR count). The number of para-hydroxylation sites is 1. The Kier molecular flexibility index (Phi) is 3.59. The summed E-state index contributed by atoms with van der Waals surface area (Å²) in [6.45, 7) is 0.304. The number of nitrogens with zero attached hydrogens (tertiary/aromatic N) is 1. The topological polar surface area (TPSA) is 65.5 Å². The van der Waals surface area contributed by atoms with Crippen LogP contribution in [0.25, 0.3) is 20.1 Å². The van der Waals surface area contributed by atoms with Crippen LogP contribution in [0, 0.1) is 0 Å². The van der Waals surface area contributed by atoms with Crippen LogP contribution >= 0.6 is 22.7 Å². The Morgan fingerprint density at radius 3 is 2.87 bits per heavy atom. The number of esters is 2. The fraction of sp³-hybridized carbons (Fsp3) is 0.188. The summed E-state index contributed by atoms with van der Waals surface area (Å²) in [7, 11) is 0. The van der Waals surface area contributed by atoms with Gasteiger partial charge >= 0.3 is 11.9 Å². The van der Waals surface area contributed by atoms with Crippen LogP contribution in [0.2, 0.25) is 0 Å².